The van der Waals surface area contributed by atoms with Crippen molar-refractivity contribution < 1.29 is 4.79 Å². The largest absolute Gasteiger partial charge is 0.298 e. The molecule has 0 bridgehead atoms. The molecule has 0 saturated heterocycles. The highest BCUT2D eigenvalue weighted by Crippen LogP contribution is 2.20. The topological polar surface area (TPSA) is 64.8 Å². The quantitative estimate of drug-likeness (QED) is 0.707. The zero-order valence-corrected chi connectivity index (χ0v) is 15.6. The molecule has 0 aliphatic heterocycles. The standard InChI is InChI=1S/C21H23N3O2/c1-13-5-7-17(8-6-13)15(3)11-18(25)12-24-21(26)19-10-14(2)9-16(4)20(19)22-23-24/h5-10,15H,11-12H2,1-4H3/t15-/m1/s1. The SMILES string of the molecule is Cc1ccc([C@H](C)CC(=O)Cn2nnc3c(C)cc(C)cc3c2=O)cc1. The Kier molecular flexibility index (Phi) is 4.98. The van der Waals surface area contributed by atoms with Crippen LogP contribution in [0.25, 0.3) is 10.9 Å². The van der Waals surface area contributed by atoms with Crippen molar-refractivity contribution in [3.05, 3.63) is 69.0 Å². The summed E-state index contributed by atoms with van der Waals surface area (Å²) in [4.78, 5) is 25.1. The van der Waals surface area contributed by atoms with Crippen LogP contribution >= 0.6 is 0 Å². The van der Waals surface area contributed by atoms with Crippen LogP contribution in [0.3, 0.4) is 0 Å². The Labute approximate surface area is 152 Å². The Morgan fingerprint density at radius 2 is 1.77 bits per heavy atom. The van der Waals surface area contributed by atoms with E-state index in [-0.39, 0.29) is 23.8 Å². The molecule has 5 nitrogen and oxygen atoms in total. The number of carbonyl (C=O) groups is 1. The number of hydrogen-bond donors (Lipinski definition) is 0. The number of ketones is 1. The summed E-state index contributed by atoms with van der Waals surface area (Å²) < 4.78 is 1.17. The van der Waals surface area contributed by atoms with Crippen LogP contribution in [0.5, 0.6) is 0 Å². The molecule has 5 heteroatoms. The first-order valence-electron chi connectivity index (χ1n) is 8.78. The molecule has 3 rings (SSSR count). The van der Waals surface area contributed by atoms with Crippen molar-refractivity contribution in [1.82, 2.24) is 15.0 Å². The fourth-order valence-corrected chi connectivity index (χ4v) is 3.22. The van der Waals surface area contributed by atoms with Gasteiger partial charge in [-0.25, -0.2) is 4.68 Å². The lowest BCUT2D eigenvalue weighted by Gasteiger charge is -2.12. The highest BCUT2D eigenvalue weighted by molar-refractivity contribution is 5.82. The van der Waals surface area contributed by atoms with Crippen LogP contribution in [0.2, 0.25) is 0 Å². The number of nitrogens with zero attached hydrogens (tertiary/aromatic N) is 3. The number of hydrogen-bond acceptors (Lipinski definition) is 4. The van der Waals surface area contributed by atoms with Gasteiger partial charge in [0.1, 0.15) is 12.1 Å². The minimum Gasteiger partial charge on any atom is -0.298 e. The van der Waals surface area contributed by atoms with E-state index in [0.717, 1.165) is 16.7 Å². The van der Waals surface area contributed by atoms with Crippen molar-refractivity contribution >= 4 is 16.7 Å². The van der Waals surface area contributed by atoms with Crippen molar-refractivity contribution in [1.29, 1.82) is 0 Å². The molecule has 0 aliphatic carbocycles. The Bertz CT molecular complexity index is 1020. The highest BCUT2D eigenvalue weighted by atomic mass is 16.1. The molecule has 0 aliphatic rings. The van der Waals surface area contributed by atoms with Gasteiger partial charge in [-0.15, -0.1) is 5.10 Å². The average molecular weight is 349 g/mol. The van der Waals surface area contributed by atoms with Crippen molar-refractivity contribution in [2.24, 2.45) is 0 Å². The van der Waals surface area contributed by atoms with Gasteiger partial charge in [-0.1, -0.05) is 48.0 Å². The molecule has 0 fully saturated rings. The first kappa shape index (κ1) is 18.0. The van der Waals surface area contributed by atoms with Crippen LogP contribution in [-0.2, 0) is 11.3 Å². The second kappa shape index (κ2) is 7.20. The summed E-state index contributed by atoms with van der Waals surface area (Å²) >= 11 is 0. The zero-order valence-electron chi connectivity index (χ0n) is 15.6. The summed E-state index contributed by atoms with van der Waals surface area (Å²) in [5, 5.41) is 8.62. The monoisotopic (exact) mass is 349 g/mol. The number of aryl methyl sites for hydroxylation is 3. The van der Waals surface area contributed by atoms with Gasteiger partial charge in [0, 0.05) is 6.42 Å². The maximum absolute atomic E-state index is 12.7. The number of Topliss-reactive ketones (excluding diaryl/α,β-unsaturated/α-hetero) is 1. The molecule has 1 aromatic heterocycles. The predicted molar refractivity (Wildman–Crippen MR) is 102 cm³/mol. The third kappa shape index (κ3) is 3.72. The van der Waals surface area contributed by atoms with Crippen molar-refractivity contribution in [2.45, 2.75) is 46.6 Å². The maximum atomic E-state index is 12.7. The van der Waals surface area contributed by atoms with Gasteiger partial charge < -0.3 is 0 Å². The molecule has 0 amide bonds. The number of fused-ring (bicyclic) bond motifs is 1. The minimum atomic E-state index is -0.266. The molecule has 1 heterocycles. The van der Waals surface area contributed by atoms with E-state index in [1.54, 1.807) is 6.07 Å². The molecule has 0 saturated carbocycles. The Morgan fingerprint density at radius 3 is 2.46 bits per heavy atom. The number of carbonyl (C=O) groups excluding carboxylic acids is 1. The van der Waals surface area contributed by atoms with Crippen molar-refractivity contribution in [3.8, 4) is 0 Å². The van der Waals surface area contributed by atoms with Crippen LogP contribution in [0.1, 0.15) is 41.5 Å². The Balaban J connectivity index is 1.80. The fraction of sp³-hybridized carbons (Fsp3) is 0.333. The van der Waals surface area contributed by atoms with Gasteiger partial charge in [0.25, 0.3) is 5.56 Å². The van der Waals surface area contributed by atoms with Gasteiger partial charge in [-0.2, -0.15) is 0 Å². The third-order valence-electron chi connectivity index (χ3n) is 4.67. The average Bonchev–Trinajstić information content (AvgIpc) is 2.58. The number of rotatable bonds is 5. The van der Waals surface area contributed by atoms with Crippen LogP contribution in [0, 0.1) is 20.8 Å². The van der Waals surface area contributed by atoms with E-state index in [4.69, 9.17) is 0 Å². The van der Waals surface area contributed by atoms with Gasteiger partial charge in [0.05, 0.1) is 5.39 Å². The summed E-state index contributed by atoms with van der Waals surface area (Å²) in [5.41, 5.74) is 4.54. The van der Waals surface area contributed by atoms with Crippen molar-refractivity contribution in [2.75, 3.05) is 0 Å². The van der Waals surface area contributed by atoms with Crippen LogP contribution < -0.4 is 5.56 Å². The minimum absolute atomic E-state index is 0.0294. The normalized spacial score (nSPS) is 12.3. The van der Waals surface area contributed by atoms with Crippen LogP contribution in [0.4, 0.5) is 0 Å². The van der Waals surface area contributed by atoms with Crippen LogP contribution in [0.15, 0.2) is 41.2 Å². The van der Waals surface area contributed by atoms with E-state index in [1.807, 2.05) is 58.0 Å². The molecular weight excluding hydrogens is 326 g/mol. The van der Waals surface area contributed by atoms with E-state index in [9.17, 15) is 9.59 Å². The molecule has 2 aromatic carbocycles. The predicted octanol–water partition coefficient (Wildman–Crippen LogP) is 3.48. The molecular formula is C21H23N3O2. The first-order valence-corrected chi connectivity index (χ1v) is 8.78. The molecule has 1 atom stereocenters. The second-order valence-electron chi connectivity index (χ2n) is 7.08. The summed E-state index contributed by atoms with van der Waals surface area (Å²) in [7, 11) is 0. The lowest BCUT2D eigenvalue weighted by molar-refractivity contribution is -0.120. The Hall–Kier alpha value is -2.82. The van der Waals surface area contributed by atoms with E-state index >= 15 is 0 Å². The van der Waals surface area contributed by atoms with Gasteiger partial charge in [-0.05, 0) is 49.4 Å². The molecule has 0 unspecified atom stereocenters. The first-order chi connectivity index (χ1) is 12.3. The number of aromatic nitrogens is 3. The summed E-state index contributed by atoms with van der Waals surface area (Å²) in [6.45, 7) is 7.84. The summed E-state index contributed by atoms with van der Waals surface area (Å²) in [5.74, 6) is 0.0647. The fourth-order valence-electron chi connectivity index (χ4n) is 3.22. The maximum Gasteiger partial charge on any atom is 0.278 e. The Morgan fingerprint density at radius 1 is 1.08 bits per heavy atom. The van der Waals surface area contributed by atoms with Gasteiger partial charge >= 0.3 is 0 Å². The van der Waals surface area contributed by atoms with Crippen LogP contribution in [-0.4, -0.2) is 20.8 Å². The molecule has 134 valence electrons. The summed E-state index contributed by atoms with van der Waals surface area (Å²) in [6.07, 6.45) is 0.363. The number of benzene rings is 2. The van der Waals surface area contributed by atoms with Crippen molar-refractivity contribution in [3.63, 3.8) is 0 Å². The summed E-state index contributed by atoms with van der Waals surface area (Å²) in [6, 6.07) is 11.9. The third-order valence-corrected chi connectivity index (χ3v) is 4.67. The molecule has 0 N–H and O–H groups in total. The lowest BCUT2D eigenvalue weighted by atomic mass is 9.95. The molecule has 3 aromatic rings. The van der Waals surface area contributed by atoms with Gasteiger partial charge in [0.15, 0.2) is 5.78 Å². The zero-order chi connectivity index (χ0) is 18.8. The highest BCUT2D eigenvalue weighted by Gasteiger charge is 2.15. The van der Waals surface area contributed by atoms with E-state index < -0.39 is 0 Å². The van der Waals surface area contributed by atoms with E-state index in [2.05, 4.69) is 10.3 Å². The second-order valence-corrected chi connectivity index (χ2v) is 7.08. The van der Waals surface area contributed by atoms with Gasteiger partial charge in [-0.3, -0.25) is 9.59 Å². The smallest absolute Gasteiger partial charge is 0.278 e. The lowest BCUT2D eigenvalue weighted by Crippen LogP contribution is -2.28. The van der Waals surface area contributed by atoms with E-state index in [0.29, 0.717) is 17.3 Å². The molecule has 0 radical (unpaired) electrons. The van der Waals surface area contributed by atoms with E-state index in [1.165, 1.54) is 10.2 Å². The molecule has 0 spiro atoms. The molecule has 26 heavy (non-hydrogen) atoms. The van der Waals surface area contributed by atoms with Gasteiger partial charge in [0.2, 0.25) is 0 Å².